The van der Waals surface area contributed by atoms with Crippen LogP contribution in [0.1, 0.15) is 31.2 Å². The van der Waals surface area contributed by atoms with Gasteiger partial charge in [0, 0.05) is 6.54 Å². The summed E-state index contributed by atoms with van der Waals surface area (Å²) in [6.07, 6.45) is -4.68. The summed E-state index contributed by atoms with van der Waals surface area (Å²) in [4.78, 5) is 13.8. The Hall–Kier alpha value is -2.85. The number of carbonyl (C=O) groups is 1. The summed E-state index contributed by atoms with van der Waals surface area (Å²) in [5.74, 6) is -1.02. The first-order chi connectivity index (χ1) is 15.5. The second-order valence-electron chi connectivity index (χ2n) is 8.03. The van der Waals surface area contributed by atoms with Crippen LogP contribution in [-0.4, -0.2) is 50.0 Å². The molecule has 0 radical (unpaired) electrons. The van der Waals surface area contributed by atoms with Crippen LogP contribution in [0, 0.1) is 5.82 Å². The number of halogens is 4. The second-order valence-corrected chi connectivity index (χ2v) is 8.03. The van der Waals surface area contributed by atoms with Crippen molar-refractivity contribution in [1.82, 2.24) is 4.90 Å². The molecule has 2 aromatic carbocycles. The summed E-state index contributed by atoms with van der Waals surface area (Å²) >= 11 is 0. The number of hydrogen-bond acceptors (Lipinski definition) is 6. The van der Waals surface area contributed by atoms with Crippen LogP contribution in [0.5, 0.6) is 17.2 Å². The Morgan fingerprint density at radius 1 is 1.09 bits per heavy atom. The minimum atomic E-state index is -4.99. The predicted molar refractivity (Wildman–Crippen MR) is 111 cm³/mol. The summed E-state index contributed by atoms with van der Waals surface area (Å²) < 4.78 is 72.2. The van der Waals surface area contributed by atoms with Gasteiger partial charge in [-0.05, 0) is 50.1 Å². The third-order valence-corrected chi connectivity index (χ3v) is 5.51. The minimum Gasteiger partial charge on any atom is -0.496 e. The molecule has 1 fully saturated rings. The maximum Gasteiger partial charge on any atom is 0.573 e. The molecule has 33 heavy (non-hydrogen) atoms. The molecule has 10 heteroatoms. The van der Waals surface area contributed by atoms with Gasteiger partial charge < -0.3 is 23.7 Å². The van der Waals surface area contributed by atoms with Crippen molar-refractivity contribution in [1.29, 1.82) is 0 Å². The summed E-state index contributed by atoms with van der Waals surface area (Å²) in [5.41, 5.74) is 0.177. The quantitative estimate of drug-likeness (QED) is 0.412. The first kappa shape index (κ1) is 24.8. The molecule has 6 nitrogen and oxygen atoms in total. The fourth-order valence-corrected chi connectivity index (χ4v) is 3.98. The van der Waals surface area contributed by atoms with E-state index in [4.69, 9.17) is 14.2 Å². The number of benzene rings is 2. The number of aldehydes is 1. The van der Waals surface area contributed by atoms with Gasteiger partial charge in [-0.1, -0.05) is 12.1 Å². The van der Waals surface area contributed by atoms with Crippen molar-refractivity contribution >= 4 is 6.29 Å². The Kier molecular flexibility index (Phi) is 7.18. The molecule has 0 aliphatic carbocycles. The van der Waals surface area contributed by atoms with Crippen molar-refractivity contribution in [2.24, 2.45) is 0 Å². The van der Waals surface area contributed by atoms with E-state index in [0.29, 0.717) is 22.6 Å². The Labute approximate surface area is 189 Å². The van der Waals surface area contributed by atoms with Crippen LogP contribution in [-0.2, 0) is 16.0 Å². The Bertz CT molecular complexity index is 973. The van der Waals surface area contributed by atoms with Gasteiger partial charge in [-0.2, -0.15) is 0 Å². The third kappa shape index (κ3) is 5.39. The predicted octanol–water partition coefficient (Wildman–Crippen LogP) is 4.66. The normalized spacial score (nSPS) is 20.5. The van der Waals surface area contributed by atoms with Crippen LogP contribution < -0.4 is 14.2 Å². The van der Waals surface area contributed by atoms with Gasteiger partial charge in [-0.15, -0.1) is 13.2 Å². The molecule has 1 heterocycles. The van der Waals surface area contributed by atoms with Crippen LogP contribution in [0.4, 0.5) is 17.6 Å². The number of ether oxygens (including phenoxy) is 4. The molecule has 0 spiro atoms. The summed E-state index contributed by atoms with van der Waals surface area (Å²) in [6.45, 7) is 3.81. The van der Waals surface area contributed by atoms with Crippen LogP contribution in [0.15, 0.2) is 36.4 Å². The van der Waals surface area contributed by atoms with Gasteiger partial charge in [0.25, 0.3) is 0 Å². The molecule has 0 saturated carbocycles. The maximum absolute atomic E-state index is 14.1. The zero-order valence-electron chi connectivity index (χ0n) is 18.6. The van der Waals surface area contributed by atoms with Crippen molar-refractivity contribution in [2.75, 3.05) is 20.8 Å². The summed E-state index contributed by atoms with van der Waals surface area (Å²) in [7, 11) is 3.01. The van der Waals surface area contributed by atoms with Crippen LogP contribution in [0.3, 0.4) is 0 Å². The number of methoxy groups -OCH3 is 2. The van der Waals surface area contributed by atoms with Gasteiger partial charge in [0.15, 0.2) is 11.6 Å². The van der Waals surface area contributed by atoms with Gasteiger partial charge in [0.05, 0.1) is 31.4 Å². The highest BCUT2D eigenvalue weighted by molar-refractivity contribution is 5.61. The minimum absolute atomic E-state index is 0.237. The molecule has 0 N–H and O–H groups in total. The molecule has 1 aliphatic rings. The van der Waals surface area contributed by atoms with Crippen molar-refractivity contribution < 1.29 is 41.3 Å². The third-order valence-electron chi connectivity index (χ3n) is 5.51. The molecule has 0 bridgehead atoms. The molecule has 2 atom stereocenters. The molecular weight excluding hydrogens is 446 g/mol. The Morgan fingerprint density at radius 3 is 2.24 bits per heavy atom. The van der Waals surface area contributed by atoms with Crippen molar-refractivity contribution in [3.05, 3.63) is 53.3 Å². The Balaban J connectivity index is 1.90. The van der Waals surface area contributed by atoms with Crippen LogP contribution >= 0.6 is 0 Å². The van der Waals surface area contributed by atoms with Gasteiger partial charge in [-0.25, -0.2) is 4.39 Å². The van der Waals surface area contributed by atoms with Crippen molar-refractivity contribution in [2.45, 2.75) is 44.5 Å². The summed E-state index contributed by atoms with van der Waals surface area (Å²) in [6, 6.07) is 7.87. The monoisotopic (exact) mass is 471 g/mol. The topological polar surface area (TPSA) is 57.2 Å². The lowest BCUT2D eigenvalue weighted by atomic mass is 9.99. The molecule has 3 rings (SSSR count). The lowest BCUT2D eigenvalue weighted by molar-refractivity contribution is -0.275. The van der Waals surface area contributed by atoms with Crippen molar-refractivity contribution in [3.63, 3.8) is 0 Å². The van der Waals surface area contributed by atoms with E-state index in [1.54, 1.807) is 36.9 Å². The molecular formula is C23H25F4NO5. The lowest BCUT2D eigenvalue weighted by Crippen LogP contribution is -2.43. The van der Waals surface area contributed by atoms with Crippen LogP contribution in [0.2, 0.25) is 0 Å². The van der Waals surface area contributed by atoms with Gasteiger partial charge in [-0.3, -0.25) is 4.90 Å². The smallest absolute Gasteiger partial charge is 0.496 e. The van der Waals surface area contributed by atoms with E-state index < -0.39 is 35.8 Å². The highest BCUT2D eigenvalue weighted by Gasteiger charge is 2.49. The van der Waals surface area contributed by atoms with Crippen molar-refractivity contribution in [3.8, 4) is 17.2 Å². The van der Waals surface area contributed by atoms with Gasteiger partial charge in [0.2, 0.25) is 0 Å². The second kappa shape index (κ2) is 9.56. The lowest BCUT2D eigenvalue weighted by Gasteiger charge is -2.28. The number of alkyl halides is 3. The van der Waals surface area contributed by atoms with E-state index in [1.165, 1.54) is 20.3 Å². The first-order valence-corrected chi connectivity index (χ1v) is 10.1. The fraction of sp³-hybridized carbons (Fsp3) is 0.435. The molecule has 0 amide bonds. The zero-order valence-corrected chi connectivity index (χ0v) is 18.6. The number of rotatable bonds is 8. The SMILES string of the molecule is COc1cccc(OC)c1C1OC(C)(C)C(C=O)N1CCc1ccc(OC(F)(F)F)c(F)c1. The average molecular weight is 471 g/mol. The van der Waals surface area contributed by atoms with E-state index in [-0.39, 0.29) is 13.0 Å². The zero-order chi connectivity index (χ0) is 24.4. The fourth-order valence-electron chi connectivity index (χ4n) is 3.98. The van der Waals surface area contributed by atoms with E-state index in [0.717, 1.165) is 18.4 Å². The summed E-state index contributed by atoms with van der Waals surface area (Å²) in [5, 5.41) is 0. The first-order valence-electron chi connectivity index (χ1n) is 10.1. The standard InChI is InChI=1S/C23H25F4NO5/c1-22(2)19(13-29)28(21(33-22)20-17(30-3)6-5-7-18(20)31-4)11-10-14-8-9-16(15(24)12-14)32-23(25,26)27/h5-9,12-13,19,21H,10-11H2,1-4H3. The van der Waals surface area contributed by atoms with Gasteiger partial charge in [0.1, 0.15) is 24.0 Å². The van der Waals surface area contributed by atoms with E-state index >= 15 is 0 Å². The number of nitrogens with zero attached hydrogens (tertiary/aromatic N) is 1. The number of hydrogen-bond donors (Lipinski definition) is 0. The molecule has 2 aromatic rings. The maximum atomic E-state index is 14.1. The van der Waals surface area contributed by atoms with E-state index in [2.05, 4.69) is 4.74 Å². The molecule has 2 unspecified atom stereocenters. The molecule has 180 valence electrons. The van der Waals surface area contributed by atoms with Gasteiger partial charge >= 0.3 is 6.36 Å². The highest BCUT2D eigenvalue weighted by atomic mass is 19.4. The highest BCUT2D eigenvalue weighted by Crippen LogP contribution is 2.46. The van der Waals surface area contributed by atoms with Crippen LogP contribution in [0.25, 0.3) is 0 Å². The molecule has 0 aromatic heterocycles. The van der Waals surface area contributed by atoms with E-state index in [1.807, 2.05) is 0 Å². The average Bonchev–Trinajstić information content (AvgIpc) is 3.01. The van der Waals surface area contributed by atoms with E-state index in [9.17, 15) is 22.4 Å². The molecule has 1 aliphatic heterocycles. The number of carbonyl (C=O) groups excluding carboxylic acids is 1. The Morgan fingerprint density at radius 2 is 1.73 bits per heavy atom. The molecule has 1 saturated heterocycles. The largest absolute Gasteiger partial charge is 0.573 e.